The number of fused-ring (bicyclic) bond motifs is 1. The summed E-state index contributed by atoms with van der Waals surface area (Å²) in [6.07, 6.45) is -0.734. The first-order chi connectivity index (χ1) is 11.4. The van der Waals surface area contributed by atoms with E-state index in [0.717, 1.165) is 0 Å². The molecule has 2 N–H and O–H groups in total. The SMILES string of the molecule is CCOP(=O)(OCC)C(F)OCCn1cnc2c(Cl)nc(N)nc21. The van der Waals surface area contributed by atoms with Gasteiger partial charge in [0.25, 0.3) is 0 Å². The van der Waals surface area contributed by atoms with E-state index < -0.39 is 13.7 Å². The van der Waals surface area contributed by atoms with Crippen LogP contribution in [0.15, 0.2) is 6.33 Å². The molecule has 0 aliphatic heterocycles. The Morgan fingerprint density at radius 2 is 2.04 bits per heavy atom. The van der Waals surface area contributed by atoms with E-state index >= 15 is 0 Å². The van der Waals surface area contributed by atoms with Gasteiger partial charge in [-0.15, -0.1) is 0 Å². The van der Waals surface area contributed by atoms with Crippen LogP contribution in [0, 0.1) is 0 Å². The summed E-state index contributed by atoms with van der Waals surface area (Å²) in [6, 6.07) is 0. The maximum absolute atomic E-state index is 14.1. The van der Waals surface area contributed by atoms with Gasteiger partial charge in [0.1, 0.15) is 5.52 Å². The second-order valence-corrected chi connectivity index (χ2v) is 6.88. The molecular formula is C12H18ClFN5O4P. The largest absolute Gasteiger partial charge is 0.391 e. The van der Waals surface area contributed by atoms with E-state index in [-0.39, 0.29) is 37.5 Å². The van der Waals surface area contributed by atoms with Gasteiger partial charge < -0.3 is 24.1 Å². The van der Waals surface area contributed by atoms with Crippen LogP contribution in [0.4, 0.5) is 10.3 Å². The molecule has 0 saturated carbocycles. The first-order valence-electron chi connectivity index (χ1n) is 7.19. The quantitative estimate of drug-likeness (QED) is 0.520. The summed E-state index contributed by atoms with van der Waals surface area (Å²) in [5.74, 6) is -0.00395. The molecule has 0 aliphatic carbocycles. The van der Waals surface area contributed by atoms with Gasteiger partial charge in [-0.25, -0.2) is 9.37 Å². The number of nitrogen functional groups attached to an aromatic ring is 1. The molecule has 2 rings (SSSR count). The average Bonchev–Trinajstić information content (AvgIpc) is 2.91. The fraction of sp³-hybridized carbons (Fsp3) is 0.583. The lowest BCUT2D eigenvalue weighted by atomic mass is 10.5. The molecule has 0 saturated heterocycles. The molecular weight excluding hydrogens is 364 g/mol. The molecule has 1 atom stereocenters. The molecule has 12 heteroatoms. The molecule has 1 unspecified atom stereocenters. The average molecular weight is 382 g/mol. The molecule has 0 aromatic carbocycles. The van der Waals surface area contributed by atoms with Gasteiger partial charge in [-0.05, 0) is 13.8 Å². The summed E-state index contributed by atoms with van der Waals surface area (Å²) < 4.78 is 42.5. The highest BCUT2D eigenvalue weighted by Crippen LogP contribution is 2.54. The number of hydrogen-bond acceptors (Lipinski definition) is 8. The molecule has 2 aromatic rings. The van der Waals surface area contributed by atoms with Crippen molar-refractivity contribution >= 4 is 36.3 Å². The number of aromatic nitrogens is 4. The summed E-state index contributed by atoms with van der Waals surface area (Å²) in [6.45, 7) is 3.33. The number of halogens is 2. The van der Waals surface area contributed by atoms with Gasteiger partial charge in [0.05, 0.1) is 26.1 Å². The third kappa shape index (κ3) is 4.20. The number of nitrogens with two attached hydrogens (primary N) is 1. The fourth-order valence-corrected chi connectivity index (χ4v) is 3.48. The monoisotopic (exact) mass is 381 g/mol. The van der Waals surface area contributed by atoms with Crippen molar-refractivity contribution in [2.24, 2.45) is 0 Å². The van der Waals surface area contributed by atoms with Crippen LogP contribution in [0.3, 0.4) is 0 Å². The number of imidazole rings is 1. The molecule has 24 heavy (non-hydrogen) atoms. The number of alkyl halides is 1. The summed E-state index contributed by atoms with van der Waals surface area (Å²) >= 11 is 5.92. The van der Waals surface area contributed by atoms with E-state index in [9.17, 15) is 8.96 Å². The Hall–Kier alpha value is -1.32. The van der Waals surface area contributed by atoms with Crippen molar-refractivity contribution in [3.05, 3.63) is 11.5 Å². The van der Waals surface area contributed by atoms with E-state index in [1.807, 2.05) is 0 Å². The molecule has 2 heterocycles. The Morgan fingerprint density at radius 3 is 2.67 bits per heavy atom. The van der Waals surface area contributed by atoms with Gasteiger partial charge in [0.15, 0.2) is 10.8 Å². The number of hydrogen-bond donors (Lipinski definition) is 1. The fourth-order valence-electron chi connectivity index (χ4n) is 1.94. The van der Waals surface area contributed by atoms with Gasteiger partial charge in [-0.1, -0.05) is 11.6 Å². The second kappa shape index (κ2) is 8.17. The van der Waals surface area contributed by atoms with E-state index in [1.54, 1.807) is 18.4 Å². The Bertz CT molecular complexity index is 736. The molecule has 0 radical (unpaired) electrons. The van der Waals surface area contributed by atoms with Crippen LogP contribution in [-0.4, -0.2) is 45.4 Å². The predicted molar refractivity (Wildman–Crippen MR) is 86.5 cm³/mol. The lowest BCUT2D eigenvalue weighted by molar-refractivity contribution is -0.00917. The summed E-state index contributed by atoms with van der Waals surface area (Å²) in [4.78, 5) is 11.9. The number of anilines is 1. The maximum atomic E-state index is 14.1. The first kappa shape index (κ1) is 19.0. The topological polar surface area (TPSA) is 114 Å². The van der Waals surface area contributed by atoms with Crippen LogP contribution >= 0.6 is 19.2 Å². The van der Waals surface area contributed by atoms with Crippen LogP contribution in [0.25, 0.3) is 11.2 Å². The van der Waals surface area contributed by atoms with E-state index in [1.165, 1.54) is 6.33 Å². The minimum Gasteiger partial charge on any atom is -0.368 e. The highest BCUT2D eigenvalue weighted by Gasteiger charge is 2.36. The smallest absolute Gasteiger partial charge is 0.368 e. The molecule has 0 spiro atoms. The van der Waals surface area contributed by atoms with Crippen molar-refractivity contribution in [3.63, 3.8) is 0 Å². The Labute approximate surface area is 142 Å². The van der Waals surface area contributed by atoms with Gasteiger partial charge >= 0.3 is 13.7 Å². The number of rotatable bonds is 9. The van der Waals surface area contributed by atoms with Gasteiger partial charge in [-0.3, -0.25) is 4.57 Å². The van der Waals surface area contributed by atoms with Gasteiger partial charge in [0.2, 0.25) is 5.95 Å². The first-order valence-corrected chi connectivity index (χ1v) is 9.18. The minimum absolute atomic E-state index is 0.00395. The standard InChI is InChI=1S/C12H18ClFN5O4P/c1-3-22-24(20,23-4-2)11(14)21-6-5-19-7-16-8-9(13)17-12(15)18-10(8)19/h7,11H,3-6H2,1-2H3,(H2,15,17,18). The Balaban J connectivity index is 2.02. The summed E-state index contributed by atoms with van der Waals surface area (Å²) in [5, 5.41) is 0.123. The highest BCUT2D eigenvalue weighted by molar-refractivity contribution is 7.54. The molecule has 0 bridgehead atoms. The lowest BCUT2D eigenvalue weighted by Crippen LogP contribution is -2.16. The van der Waals surface area contributed by atoms with Crippen molar-refractivity contribution in [1.29, 1.82) is 0 Å². The Kier molecular flexibility index (Phi) is 6.47. The van der Waals surface area contributed by atoms with Crippen molar-refractivity contribution in [2.45, 2.75) is 26.5 Å². The minimum atomic E-state index is -3.96. The van der Waals surface area contributed by atoms with Crippen LogP contribution in [-0.2, 0) is 24.9 Å². The zero-order valence-corrected chi connectivity index (χ0v) is 14.8. The normalized spacial score (nSPS) is 13.5. The maximum Gasteiger partial charge on any atom is 0.391 e. The van der Waals surface area contributed by atoms with E-state index in [2.05, 4.69) is 15.0 Å². The number of ether oxygens (including phenoxy) is 1. The van der Waals surface area contributed by atoms with Gasteiger partial charge in [-0.2, -0.15) is 9.97 Å². The molecule has 0 amide bonds. The molecule has 0 fully saturated rings. The van der Waals surface area contributed by atoms with Crippen LogP contribution in [0.2, 0.25) is 5.15 Å². The third-order valence-electron chi connectivity index (χ3n) is 2.89. The van der Waals surface area contributed by atoms with Crippen LogP contribution in [0.5, 0.6) is 0 Å². The molecule has 2 aromatic heterocycles. The van der Waals surface area contributed by atoms with Crippen molar-refractivity contribution < 1.29 is 22.7 Å². The van der Waals surface area contributed by atoms with Crippen molar-refractivity contribution in [2.75, 3.05) is 25.6 Å². The molecule has 134 valence electrons. The zero-order chi connectivity index (χ0) is 17.7. The molecule has 9 nitrogen and oxygen atoms in total. The lowest BCUT2D eigenvalue weighted by Gasteiger charge is -2.20. The van der Waals surface area contributed by atoms with Crippen molar-refractivity contribution in [1.82, 2.24) is 19.5 Å². The summed E-state index contributed by atoms with van der Waals surface area (Å²) in [5.41, 5.74) is 6.31. The second-order valence-electron chi connectivity index (χ2n) is 4.52. The zero-order valence-electron chi connectivity index (χ0n) is 13.2. The summed E-state index contributed by atoms with van der Waals surface area (Å²) in [7, 11) is -3.96. The molecule has 0 aliphatic rings. The van der Waals surface area contributed by atoms with Crippen LogP contribution in [0.1, 0.15) is 13.8 Å². The van der Waals surface area contributed by atoms with E-state index in [4.69, 9.17) is 31.1 Å². The van der Waals surface area contributed by atoms with E-state index in [0.29, 0.717) is 11.2 Å². The Morgan fingerprint density at radius 1 is 1.38 bits per heavy atom. The third-order valence-corrected chi connectivity index (χ3v) is 5.04. The van der Waals surface area contributed by atoms with Crippen LogP contribution < -0.4 is 5.73 Å². The number of nitrogens with zero attached hydrogens (tertiary/aromatic N) is 4. The van der Waals surface area contributed by atoms with Crippen molar-refractivity contribution in [3.8, 4) is 0 Å². The predicted octanol–water partition coefficient (Wildman–Crippen LogP) is 2.60. The van der Waals surface area contributed by atoms with Gasteiger partial charge in [0, 0.05) is 6.54 Å². The highest BCUT2D eigenvalue weighted by atomic mass is 35.5.